The lowest BCUT2D eigenvalue weighted by Gasteiger charge is -2.12. The van der Waals surface area contributed by atoms with Crippen LogP contribution in [0.4, 0.5) is 0 Å². The van der Waals surface area contributed by atoms with Gasteiger partial charge in [-0.15, -0.1) is 0 Å². The van der Waals surface area contributed by atoms with Gasteiger partial charge in [0.2, 0.25) is 17.7 Å². The molecule has 1 aliphatic heterocycles. The van der Waals surface area contributed by atoms with Gasteiger partial charge in [-0.05, 0) is 13.8 Å². The van der Waals surface area contributed by atoms with Gasteiger partial charge < -0.3 is 5.32 Å². The van der Waals surface area contributed by atoms with Crippen molar-refractivity contribution in [3.8, 4) is 0 Å². The molecule has 1 fully saturated rings. The Balaban J connectivity index is 2.42. The normalized spacial score (nSPS) is 20.4. The van der Waals surface area contributed by atoms with E-state index in [1.165, 1.54) is 4.90 Å². The van der Waals surface area contributed by atoms with Crippen LogP contribution in [0.1, 0.15) is 20.3 Å². The summed E-state index contributed by atoms with van der Waals surface area (Å²) in [5.41, 5.74) is 0. The number of likely N-dealkylation sites (tertiary alicyclic amines) is 1. The van der Waals surface area contributed by atoms with Crippen molar-refractivity contribution in [2.24, 2.45) is 0 Å². The fraction of sp³-hybridized carbons (Fsp3) is 0.700. The Morgan fingerprint density at radius 1 is 1.44 bits per heavy atom. The predicted octanol–water partition coefficient (Wildman–Crippen LogP) is -1.14. The second-order valence-electron chi connectivity index (χ2n) is 3.57. The molecule has 1 aliphatic rings. The van der Waals surface area contributed by atoms with E-state index in [0.29, 0.717) is 13.1 Å². The molecule has 1 saturated heterocycles. The summed E-state index contributed by atoms with van der Waals surface area (Å²) < 4.78 is 0. The summed E-state index contributed by atoms with van der Waals surface area (Å²) in [6.45, 7) is 4.58. The van der Waals surface area contributed by atoms with Crippen LogP contribution in [0.5, 0.6) is 0 Å². The lowest BCUT2D eigenvalue weighted by atomic mass is 10.2. The topological polar surface area (TPSA) is 78.5 Å². The average Bonchev–Trinajstić information content (AvgIpc) is 2.51. The van der Waals surface area contributed by atoms with Gasteiger partial charge in [0.05, 0.1) is 19.0 Å². The Morgan fingerprint density at radius 3 is 2.62 bits per heavy atom. The zero-order valence-electron chi connectivity index (χ0n) is 9.58. The zero-order chi connectivity index (χ0) is 12.1. The third-order valence-electron chi connectivity index (χ3n) is 2.44. The fourth-order valence-electron chi connectivity index (χ4n) is 1.65. The molecule has 16 heavy (non-hydrogen) atoms. The molecule has 6 heteroatoms. The van der Waals surface area contributed by atoms with Crippen molar-refractivity contribution in [1.82, 2.24) is 15.5 Å². The number of hydrogen-bond donors (Lipinski definition) is 2. The molecule has 6 nitrogen and oxygen atoms in total. The van der Waals surface area contributed by atoms with Crippen LogP contribution in [-0.2, 0) is 14.4 Å². The molecule has 0 saturated carbocycles. The highest BCUT2D eigenvalue weighted by molar-refractivity contribution is 6.05. The molecule has 0 aromatic heterocycles. The van der Waals surface area contributed by atoms with Crippen molar-refractivity contribution in [1.29, 1.82) is 0 Å². The van der Waals surface area contributed by atoms with Crippen LogP contribution < -0.4 is 10.6 Å². The summed E-state index contributed by atoms with van der Waals surface area (Å²) in [5.74, 6) is -0.588. The van der Waals surface area contributed by atoms with E-state index in [-0.39, 0.29) is 30.7 Å². The summed E-state index contributed by atoms with van der Waals surface area (Å²) in [6.07, 6.45) is 0.145. The Kier molecular flexibility index (Phi) is 4.42. The molecule has 1 rings (SSSR count). The van der Waals surface area contributed by atoms with Crippen LogP contribution in [0.25, 0.3) is 0 Å². The monoisotopic (exact) mass is 227 g/mol. The lowest BCUT2D eigenvalue weighted by Crippen LogP contribution is -2.43. The molecule has 1 atom stereocenters. The van der Waals surface area contributed by atoms with Crippen molar-refractivity contribution in [2.75, 3.05) is 19.6 Å². The third kappa shape index (κ3) is 2.79. The van der Waals surface area contributed by atoms with E-state index in [1.54, 1.807) is 6.92 Å². The number of imide groups is 1. The minimum Gasteiger partial charge on any atom is -0.355 e. The molecular formula is C10H17N3O3. The molecule has 0 aromatic rings. The van der Waals surface area contributed by atoms with Crippen LogP contribution in [0.3, 0.4) is 0 Å². The number of nitrogens with one attached hydrogen (secondary N) is 2. The quantitative estimate of drug-likeness (QED) is 0.582. The lowest BCUT2D eigenvalue weighted by molar-refractivity contribution is -0.138. The van der Waals surface area contributed by atoms with Crippen molar-refractivity contribution in [2.45, 2.75) is 26.3 Å². The van der Waals surface area contributed by atoms with Gasteiger partial charge in [0.25, 0.3) is 0 Å². The Labute approximate surface area is 94.4 Å². The standard InChI is InChI=1S/C10H17N3O3/c1-3-11-8(14)6-12-7-5-9(15)13(4-2)10(7)16/h7,12H,3-6H2,1-2H3,(H,11,14). The maximum Gasteiger partial charge on any atom is 0.246 e. The first kappa shape index (κ1) is 12.6. The van der Waals surface area contributed by atoms with Crippen molar-refractivity contribution in [3.05, 3.63) is 0 Å². The largest absolute Gasteiger partial charge is 0.355 e. The SMILES string of the molecule is CCNC(=O)CNC1CC(=O)N(CC)C1=O. The van der Waals surface area contributed by atoms with Gasteiger partial charge in [-0.3, -0.25) is 24.6 Å². The number of hydrogen-bond acceptors (Lipinski definition) is 4. The molecular weight excluding hydrogens is 210 g/mol. The first-order chi connectivity index (χ1) is 7.60. The summed E-state index contributed by atoms with van der Waals surface area (Å²) in [4.78, 5) is 35.3. The van der Waals surface area contributed by atoms with Gasteiger partial charge in [-0.25, -0.2) is 0 Å². The van der Waals surface area contributed by atoms with Gasteiger partial charge in [-0.2, -0.15) is 0 Å². The maximum atomic E-state index is 11.6. The van der Waals surface area contributed by atoms with E-state index in [1.807, 2.05) is 6.92 Å². The number of nitrogens with zero attached hydrogens (tertiary/aromatic N) is 1. The second kappa shape index (κ2) is 5.60. The molecule has 2 N–H and O–H groups in total. The Bertz CT molecular complexity index is 304. The van der Waals surface area contributed by atoms with Crippen LogP contribution in [0.2, 0.25) is 0 Å². The van der Waals surface area contributed by atoms with E-state index in [0.717, 1.165) is 0 Å². The van der Waals surface area contributed by atoms with Gasteiger partial charge in [0.1, 0.15) is 0 Å². The molecule has 0 spiro atoms. The minimum atomic E-state index is -0.546. The fourth-order valence-corrected chi connectivity index (χ4v) is 1.65. The summed E-state index contributed by atoms with van der Waals surface area (Å²) >= 11 is 0. The van der Waals surface area contributed by atoms with Crippen molar-refractivity contribution in [3.63, 3.8) is 0 Å². The summed E-state index contributed by atoms with van der Waals surface area (Å²) in [5, 5.41) is 5.40. The van der Waals surface area contributed by atoms with E-state index in [2.05, 4.69) is 10.6 Å². The molecule has 0 aromatic carbocycles. The third-order valence-corrected chi connectivity index (χ3v) is 2.44. The molecule has 90 valence electrons. The maximum absolute atomic E-state index is 11.6. The first-order valence-electron chi connectivity index (χ1n) is 5.44. The van der Waals surface area contributed by atoms with Crippen LogP contribution in [0.15, 0.2) is 0 Å². The van der Waals surface area contributed by atoms with Gasteiger partial charge in [-0.1, -0.05) is 0 Å². The highest BCUT2D eigenvalue weighted by atomic mass is 16.2. The summed E-state index contributed by atoms with van der Waals surface area (Å²) in [7, 11) is 0. The van der Waals surface area contributed by atoms with E-state index in [4.69, 9.17) is 0 Å². The second-order valence-corrected chi connectivity index (χ2v) is 3.57. The molecule has 0 bridgehead atoms. The highest BCUT2D eigenvalue weighted by Gasteiger charge is 2.37. The van der Waals surface area contributed by atoms with Crippen LogP contribution in [-0.4, -0.2) is 48.3 Å². The number of carbonyl (C=O) groups excluding carboxylic acids is 3. The van der Waals surface area contributed by atoms with E-state index in [9.17, 15) is 14.4 Å². The smallest absolute Gasteiger partial charge is 0.246 e. The van der Waals surface area contributed by atoms with Crippen LogP contribution in [0, 0.1) is 0 Å². The number of amides is 3. The molecule has 3 amide bonds. The van der Waals surface area contributed by atoms with Gasteiger partial charge in [0, 0.05) is 13.1 Å². The van der Waals surface area contributed by atoms with Gasteiger partial charge >= 0.3 is 0 Å². The number of carbonyl (C=O) groups is 3. The van der Waals surface area contributed by atoms with Gasteiger partial charge in [0.15, 0.2) is 0 Å². The Morgan fingerprint density at radius 2 is 2.12 bits per heavy atom. The number of likely N-dealkylation sites (N-methyl/N-ethyl adjacent to an activating group) is 2. The minimum absolute atomic E-state index is 0.0646. The summed E-state index contributed by atoms with van der Waals surface area (Å²) in [6, 6.07) is -0.546. The van der Waals surface area contributed by atoms with Crippen molar-refractivity contribution >= 4 is 17.7 Å². The van der Waals surface area contributed by atoms with Crippen LogP contribution >= 0.6 is 0 Å². The molecule has 1 unspecified atom stereocenters. The molecule has 0 aliphatic carbocycles. The Hall–Kier alpha value is -1.43. The highest BCUT2D eigenvalue weighted by Crippen LogP contribution is 2.11. The van der Waals surface area contributed by atoms with E-state index < -0.39 is 6.04 Å². The molecule has 0 radical (unpaired) electrons. The zero-order valence-corrected chi connectivity index (χ0v) is 9.58. The first-order valence-corrected chi connectivity index (χ1v) is 5.44. The predicted molar refractivity (Wildman–Crippen MR) is 57.5 cm³/mol. The molecule has 1 heterocycles. The number of rotatable bonds is 5. The van der Waals surface area contributed by atoms with E-state index >= 15 is 0 Å². The van der Waals surface area contributed by atoms with Crippen molar-refractivity contribution < 1.29 is 14.4 Å². The average molecular weight is 227 g/mol.